The van der Waals surface area contributed by atoms with Crippen molar-refractivity contribution >= 4 is 34.3 Å². The summed E-state index contributed by atoms with van der Waals surface area (Å²) in [5, 5.41) is 8.70. The van der Waals surface area contributed by atoms with Crippen LogP contribution in [0.15, 0.2) is 12.1 Å². The van der Waals surface area contributed by atoms with E-state index in [9.17, 15) is 19.2 Å². The van der Waals surface area contributed by atoms with Gasteiger partial charge in [0, 0.05) is 43.2 Å². The largest absolute Gasteiger partial charge is 0.355 e. The molecule has 3 heterocycles. The standard InChI is InChI=1S/C31H40N4O4/c1-4-25(37)24-14-31-15-26(31)35(24)28(39)16-34-30-21(8-6-5-7-18(2)11-27(38)32-17-31)12-22(20-9-10-20)13-23(30)29(33-34)19(3)36/h12-13,18,20,24,26H,4-11,14-17H2,1-3H3,(H,32,38)/t18-,24+,26-,31+/m1/s1. The van der Waals surface area contributed by atoms with Gasteiger partial charge in [-0.3, -0.25) is 23.9 Å². The SMILES string of the molecule is CCC(=O)[C@@H]1C[C@]23CNC(=O)C[C@H](C)CCCCc4cc(C5CC5)cc5c(C(C)=O)nn(c45)CC(=O)N1[C@@H]2C3. The third-order valence-electron chi connectivity index (χ3n) is 9.60. The fourth-order valence-corrected chi connectivity index (χ4v) is 7.18. The van der Waals surface area contributed by atoms with Crippen molar-refractivity contribution in [3.63, 3.8) is 0 Å². The summed E-state index contributed by atoms with van der Waals surface area (Å²) in [4.78, 5) is 54.2. The van der Waals surface area contributed by atoms with Gasteiger partial charge in [-0.2, -0.15) is 5.10 Å². The van der Waals surface area contributed by atoms with Crippen LogP contribution in [-0.4, -0.2) is 56.7 Å². The van der Waals surface area contributed by atoms with Crippen LogP contribution in [0, 0.1) is 11.3 Å². The average Bonchev–Trinajstić information content (AvgIpc) is 3.81. The predicted octanol–water partition coefficient (Wildman–Crippen LogP) is 4.32. The number of amides is 2. The molecule has 2 saturated carbocycles. The number of nitrogens with one attached hydrogen (secondary N) is 1. The van der Waals surface area contributed by atoms with E-state index in [1.54, 1.807) is 16.5 Å². The lowest BCUT2D eigenvalue weighted by Gasteiger charge is -2.26. The van der Waals surface area contributed by atoms with Gasteiger partial charge in [-0.05, 0) is 67.6 Å². The zero-order chi connectivity index (χ0) is 27.5. The third-order valence-corrected chi connectivity index (χ3v) is 9.60. The van der Waals surface area contributed by atoms with Gasteiger partial charge in [0.2, 0.25) is 11.8 Å². The van der Waals surface area contributed by atoms with Crippen molar-refractivity contribution in [1.82, 2.24) is 20.0 Å². The highest BCUT2D eigenvalue weighted by Crippen LogP contribution is 2.59. The summed E-state index contributed by atoms with van der Waals surface area (Å²) in [5.74, 6) is 0.716. The maximum Gasteiger partial charge on any atom is 0.245 e. The molecule has 1 saturated heterocycles. The molecule has 39 heavy (non-hydrogen) atoms. The Morgan fingerprint density at radius 3 is 2.64 bits per heavy atom. The molecule has 4 aliphatic rings. The van der Waals surface area contributed by atoms with Crippen LogP contribution < -0.4 is 5.32 Å². The van der Waals surface area contributed by atoms with Crippen molar-refractivity contribution in [2.45, 2.75) is 110 Å². The Kier molecular flexibility index (Phi) is 6.63. The van der Waals surface area contributed by atoms with E-state index in [0.29, 0.717) is 37.4 Å². The number of carbonyl (C=O) groups excluding carboxylic acids is 4. The minimum absolute atomic E-state index is 0.00300. The Morgan fingerprint density at radius 2 is 1.92 bits per heavy atom. The minimum atomic E-state index is -0.467. The van der Waals surface area contributed by atoms with Crippen molar-refractivity contribution in [2.75, 3.05) is 6.54 Å². The first-order valence-corrected chi connectivity index (χ1v) is 14.9. The van der Waals surface area contributed by atoms with Gasteiger partial charge in [-0.15, -0.1) is 0 Å². The molecule has 208 valence electrons. The van der Waals surface area contributed by atoms with Gasteiger partial charge in [0.15, 0.2) is 11.6 Å². The molecule has 2 bridgehead atoms. The molecule has 0 unspecified atom stereocenters. The maximum atomic E-state index is 13.9. The number of Topliss-reactive ketones (excluding diaryl/α,β-unsaturated/α-hetero) is 2. The Labute approximate surface area is 229 Å². The van der Waals surface area contributed by atoms with Gasteiger partial charge < -0.3 is 10.2 Å². The van der Waals surface area contributed by atoms with Crippen LogP contribution in [0.2, 0.25) is 0 Å². The lowest BCUT2D eigenvalue weighted by Crippen LogP contribution is -2.44. The Morgan fingerprint density at radius 1 is 1.13 bits per heavy atom. The number of hydrogen-bond donors (Lipinski definition) is 1. The number of nitrogens with zero attached hydrogens (tertiary/aromatic N) is 3. The van der Waals surface area contributed by atoms with E-state index in [4.69, 9.17) is 5.10 Å². The highest BCUT2D eigenvalue weighted by atomic mass is 16.2. The van der Waals surface area contributed by atoms with Crippen LogP contribution in [0.4, 0.5) is 0 Å². The maximum absolute atomic E-state index is 13.9. The van der Waals surface area contributed by atoms with E-state index in [0.717, 1.165) is 61.4 Å². The van der Waals surface area contributed by atoms with E-state index in [1.807, 2.05) is 6.92 Å². The van der Waals surface area contributed by atoms with Crippen LogP contribution in [0.25, 0.3) is 10.9 Å². The van der Waals surface area contributed by atoms with Crippen LogP contribution >= 0.6 is 0 Å². The van der Waals surface area contributed by atoms with E-state index in [1.165, 1.54) is 5.56 Å². The van der Waals surface area contributed by atoms with Crippen molar-refractivity contribution in [1.29, 1.82) is 0 Å². The molecule has 1 aromatic carbocycles. The minimum Gasteiger partial charge on any atom is -0.355 e. The molecule has 2 aliphatic carbocycles. The first-order chi connectivity index (χ1) is 18.7. The summed E-state index contributed by atoms with van der Waals surface area (Å²) in [7, 11) is 0. The number of hydrogen-bond acceptors (Lipinski definition) is 5. The summed E-state index contributed by atoms with van der Waals surface area (Å²) in [6.45, 7) is 6.03. The zero-order valence-electron chi connectivity index (χ0n) is 23.4. The molecule has 0 radical (unpaired) electrons. The van der Waals surface area contributed by atoms with Gasteiger partial charge in [0.05, 0.1) is 11.6 Å². The Balaban J connectivity index is 1.42. The van der Waals surface area contributed by atoms with Crippen molar-refractivity contribution in [3.8, 4) is 0 Å². The lowest BCUT2D eigenvalue weighted by molar-refractivity contribution is -0.139. The second kappa shape index (κ2) is 9.86. The first kappa shape index (κ1) is 26.2. The molecule has 0 spiro atoms. The molecule has 4 atom stereocenters. The highest BCUT2D eigenvalue weighted by Gasteiger charge is 2.66. The predicted molar refractivity (Wildman–Crippen MR) is 147 cm³/mol. The lowest BCUT2D eigenvalue weighted by atomic mass is 9.94. The topological polar surface area (TPSA) is 101 Å². The zero-order valence-corrected chi connectivity index (χ0v) is 23.4. The molecule has 2 amide bonds. The molecule has 8 nitrogen and oxygen atoms in total. The van der Waals surface area contributed by atoms with E-state index in [2.05, 4.69) is 24.4 Å². The molecule has 2 aromatic rings. The fourth-order valence-electron chi connectivity index (χ4n) is 7.18. The Bertz CT molecular complexity index is 1360. The second-order valence-electron chi connectivity index (χ2n) is 12.7. The van der Waals surface area contributed by atoms with Gasteiger partial charge in [0.25, 0.3) is 0 Å². The molecular weight excluding hydrogens is 492 g/mol. The Hall–Kier alpha value is -3.03. The number of rotatable bonds is 4. The second-order valence-corrected chi connectivity index (χ2v) is 12.7. The van der Waals surface area contributed by atoms with Crippen LogP contribution in [-0.2, 0) is 27.3 Å². The number of aryl methyl sites for hydroxylation is 1. The first-order valence-electron chi connectivity index (χ1n) is 14.9. The summed E-state index contributed by atoms with van der Waals surface area (Å²) in [5.41, 5.74) is 3.49. The molecule has 6 rings (SSSR count). The van der Waals surface area contributed by atoms with Crippen molar-refractivity contribution in [2.24, 2.45) is 11.3 Å². The molecule has 8 heteroatoms. The molecule has 3 fully saturated rings. The monoisotopic (exact) mass is 532 g/mol. The van der Waals surface area contributed by atoms with E-state index >= 15 is 0 Å². The smallest absolute Gasteiger partial charge is 0.245 e. The van der Waals surface area contributed by atoms with Crippen LogP contribution in [0.3, 0.4) is 0 Å². The fraction of sp³-hybridized carbons (Fsp3) is 0.645. The van der Waals surface area contributed by atoms with Crippen molar-refractivity contribution < 1.29 is 19.2 Å². The van der Waals surface area contributed by atoms with E-state index < -0.39 is 6.04 Å². The summed E-state index contributed by atoms with van der Waals surface area (Å²) >= 11 is 0. The highest BCUT2D eigenvalue weighted by molar-refractivity contribution is 6.06. The number of carbonyl (C=O) groups is 4. The number of piperidine rings is 1. The van der Waals surface area contributed by atoms with Gasteiger partial charge >= 0.3 is 0 Å². The normalized spacial score (nSPS) is 29.6. The van der Waals surface area contributed by atoms with Crippen LogP contribution in [0.1, 0.15) is 106 Å². The number of benzene rings is 1. The number of ketones is 2. The summed E-state index contributed by atoms with van der Waals surface area (Å²) in [6.07, 6.45) is 8.38. The van der Waals surface area contributed by atoms with Gasteiger partial charge in [-0.1, -0.05) is 32.8 Å². The molecular formula is C31H40N4O4. The molecule has 1 N–H and O–H groups in total. The summed E-state index contributed by atoms with van der Waals surface area (Å²) < 4.78 is 1.73. The molecule has 2 aliphatic heterocycles. The van der Waals surface area contributed by atoms with E-state index in [-0.39, 0.29) is 47.3 Å². The quantitative estimate of drug-likeness (QED) is 0.591. The summed E-state index contributed by atoms with van der Waals surface area (Å²) in [6, 6.07) is 3.87. The molecule has 1 aromatic heterocycles. The van der Waals surface area contributed by atoms with Gasteiger partial charge in [0.1, 0.15) is 12.2 Å². The third kappa shape index (κ3) is 4.80. The average molecular weight is 533 g/mol. The van der Waals surface area contributed by atoms with Crippen molar-refractivity contribution in [3.05, 3.63) is 29.0 Å². The van der Waals surface area contributed by atoms with Crippen LogP contribution in [0.5, 0.6) is 0 Å². The number of aromatic nitrogens is 2. The van der Waals surface area contributed by atoms with Gasteiger partial charge in [-0.25, -0.2) is 0 Å².